The maximum absolute atomic E-state index is 12.2. The highest BCUT2D eigenvalue weighted by atomic mass is 35.5. The third-order valence-corrected chi connectivity index (χ3v) is 3.29. The fourth-order valence-corrected chi connectivity index (χ4v) is 1.94. The first-order valence-electron chi connectivity index (χ1n) is 5.15. The largest absolute Gasteiger partial charge is 0.289 e. The second-order valence-electron chi connectivity index (χ2n) is 3.77. The molecule has 0 atom stereocenters. The summed E-state index contributed by atoms with van der Waals surface area (Å²) >= 11 is 12.0. The molecule has 0 spiro atoms. The van der Waals surface area contributed by atoms with Gasteiger partial charge in [0, 0.05) is 16.1 Å². The Bertz CT molecular complexity index is 576. The van der Waals surface area contributed by atoms with E-state index in [0.717, 1.165) is 5.56 Å². The van der Waals surface area contributed by atoms with Gasteiger partial charge in [-0.3, -0.25) is 4.79 Å². The van der Waals surface area contributed by atoms with Gasteiger partial charge in [0.1, 0.15) is 0 Å². The van der Waals surface area contributed by atoms with Crippen LogP contribution in [0.25, 0.3) is 0 Å². The van der Waals surface area contributed by atoms with Gasteiger partial charge in [0.15, 0.2) is 5.78 Å². The van der Waals surface area contributed by atoms with Crippen LogP contribution in [0.3, 0.4) is 0 Å². The van der Waals surface area contributed by atoms with Crippen LogP contribution >= 0.6 is 23.2 Å². The molecule has 0 radical (unpaired) electrons. The Kier molecular flexibility index (Phi) is 3.51. The van der Waals surface area contributed by atoms with Crippen molar-refractivity contribution in [2.75, 3.05) is 0 Å². The van der Waals surface area contributed by atoms with Gasteiger partial charge in [0.05, 0.1) is 5.02 Å². The summed E-state index contributed by atoms with van der Waals surface area (Å²) in [5.74, 6) is -0.113. The molecule has 3 heteroatoms. The fourth-order valence-electron chi connectivity index (χ4n) is 1.53. The first kappa shape index (κ1) is 12.2. The first-order valence-corrected chi connectivity index (χ1v) is 5.90. The zero-order valence-corrected chi connectivity index (χ0v) is 10.7. The van der Waals surface area contributed by atoms with Crippen molar-refractivity contribution in [3.05, 3.63) is 69.2 Å². The van der Waals surface area contributed by atoms with Gasteiger partial charge in [-0.2, -0.15) is 0 Å². The number of halogens is 2. The van der Waals surface area contributed by atoms with E-state index in [9.17, 15) is 4.79 Å². The number of hydrogen-bond acceptors (Lipinski definition) is 1. The van der Waals surface area contributed by atoms with Crippen molar-refractivity contribution in [2.24, 2.45) is 0 Å². The molecular weight excluding hydrogens is 255 g/mol. The third-order valence-electron chi connectivity index (χ3n) is 2.55. The second-order valence-corrected chi connectivity index (χ2v) is 4.59. The topological polar surface area (TPSA) is 17.1 Å². The summed E-state index contributed by atoms with van der Waals surface area (Å²) in [5, 5.41) is 1.04. The van der Waals surface area contributed by atoms with Crippen molar-refractivity contribution in [2.45, 2.75) is 6.92 Å². The van der Waals surface area contributed by atoms with Crippen LogP contribution in [0.4, 0.5) is 0 Å². The summed E-state index contributed by atoms with van der Waals surface area (Å²) in [6, 6.07) is 12.2. The van der Waals surface area contributed by atoms with E-state index in [2.05, 4.69) is 0 Å². The van der Waals surface area contributed by atoms with E-state index in [1.165, 1.54) is 0 Å². The van der Waals surface area contributed by atoms with Crippen LogP contribution in [0.1, 0.15) is 21.5 Å². The van der Waals surface area contributed by atoms with Gasteiger partial charge >= 0.3 is 0 Å². The van der Waals surface area contributed by atoms with Gasteiger partial charge in [-0.05, 0) is 30.7 Å². The molecular formula is C14H10Cl2O. The molecule has 0 aliphatic rings. The lowest BCUT2D eigenvalue weighted by atomic mass is 10.0. The van der Waals surface area contributed by atoms with Crippen molar-refractivity contribution < 1.29 is 4.79 Å². The number of carbonyl (C=O) groups excluding carboxylic acids is 1. The van der Waals surface area contributed by atoms with Crippen LogP contribution in [0.2, 0.25) is 10.0 Å². The molecule has 0 heterocycles. The predicted molar refractivity (Wildman–Crippen MR) is 71.1 cm³/mol. The van der Waals surface area contributed by atoms with E-state index in [1.807, 2.05) is 13.0 Å². The molecule has 17 heavy (non-hydrogen) atoms. The van der Waals surface area contributed by atoms with Crippen molar-refractivity contribution in [1.29, 1.82) is 0 Å². The zero-order valence-electron chi connectivity index (χ0n) is 9.21. The standard InChI is InChI=1S/C14H10Cl2O/c1-9-6-7-10(8-13(9)16)14(17)11-4-2-3-5-12(11)15/h2-8H,1H3. The number of benzene rings is 2. The SMILES string of the molecule is Cc1ccc(C(=O)c2ccccc2Cl)cc1Cl. The van der Waals surface area contributed by atoms with E-state index in [1.54, 1.807) is 36.4 Å². The zero-order chi connectivity index (χ0) is 12.4. The molecule has 0 aliphatic heterocycles. The molecule has 1 nitrogen and oxygen atoms in total. The molecule has 86 valence electrons. The lowest BCUT2D eigenvalue weighted by Gasteiger charge is -2.05. The molecule has 0 saturated carbocycles. The Labute approximate surface area is 110 Å². The number of hydrogen-bond donors (Lipinski definition) is 0. The van der Waals surface area contributed by atoms with Gasteiger partial charge < -0.3 is 0 Å². The van der Waals surface area contributed by atoms with Crippen LogP contribution in [0.5, 0.6) is 0 Å². The minimum atomic E-state index is -0.113. The molecule has 2 rings (SSSR count). The summed E-state index contributed by atoms with van der Waals surface area (Å²) in [6.07, 6.45) is 0. The average molecular weight is 265 g/mol. The second kappa shape index (κ2) is 4.91. The molecule has 0 bridgehead atoms. The predicted octanol–water partition coefficient (Wildman–Crippen LogP) is 4.53. The van der Waals surface area contributed by atoms with Crippen LogP contribution in [0, 0.1) is 6.92 Å². The number of aryl methyl sites for hydroxylation is 1. The number of rotatable bonds is 2. The maximum atomic E-state index is 12.2. The Morgan fingerprint density at radius 3 is 2.35 bits per heavy atom. The normalized spacial score (nSPS) is 10.3. The van der Waals surface area contributed by atoms with Crippen molar-refractivity contribution >= 4 is 29.0 Å². The number of ketones is 1. The smallest absolute Gasteiger partial charge is 0.194 e. The van der Waals surface area contributed by atoms with E-state index < -0.39 is 0 Å². The van der Waals surface area contributed by atoms with Gasteiger partial charge in [0.2, 0.25) is 0 Å². The molecule has 0 fully saturated rings. The maximum Gasteiger partial charge on any atom is 0.194 e. The van der Waals surface area contributed by atoms with E-state index >= 15 is 0 Å². The van der Waals surface area contributed by atoms with Crippen LogP contribution in [-0.2, 0) is 0 Å². The molecule has 2 aromatic rings. The highest BCUT2D eigenvalue weighted by molar-refractivity contribution is 6.35. The summed E-state index contributed by atoms with van der Waals surface area (Å²) in [5.41, 5.74) is 1.99. The fraction of sp³-hybridized carbons (Fsp3) is 0.0714. The van der Waals surface area contributed by atoms with E-state index in [4.69, 9.17) is 23.2 Å². The highest BCUT2D eigenvalue weighted by Gasteiger charge is 2.12. The highest BCUT2D eigenvalue weighted by Crippen LogP contribution is 2.22. The van der Waals surface area contributed by atoms with Crippen LogP contribution in [-0.4, -0.2) is 5.78 Å². The van der Waals surface area contributed by atoms with Gasteiger partial charge in [-0.25, -0.2) is 0 Å². The molecule has 0 amide bonds. The van der Waals surface area contributed by atoms with E-state index in [-0.39, 0.29) is 5.78 Å². The van der Waals surface area contributed by atoms with E-state index in [0.29, 0.717) is 21.2 Å². The minimum absolute atomic E-state index is 0.113. The molecule has 0 N–H and O–H groups in total. The van der Waals surface area contributed by atoms with Crippen molar-refractivity contribution in [3.63, 3.8) is 0 Å². The van der Waals surface area contributed by atoms with Gasteiger partial charge in [-0.15, -0.1) is 0 Å². The number of carbonyl (C=O) groups is 1. The lowest BCUT2D eigenvalue weighted by Crippen LogP contribution is -2.02. The monoisotopic (exact) mass is 264 g/mol. The lowest BCUT2D eigenvalue weighted by molar-refractivity contribution is 0.103. The quantitative estimate of drug-likeness (QED) is 0.729. The molecule has 0 unspecified atom stereocenters. The summed E-state index contributed by atoms with van der Waals surface area (Å²) < 4.78 is 0. The minimum Gasteiger partial charge on any atom is -0.289 e. The van der Waals surface area contributed by atoms with Crippen molar-refractivity contribution in [1.82, 2.24) is 0 Å². The Balaban J connectivity index is 2.44. The Morgan fingerprint density at radius 1 is 1.00 bits per heavy atom. The molecule has 0 saturated heterocycles. The third kappa shape index (κ3) is 2.51. The molecule has 0 aliphatic carbocycles. The Morgan fingerprint density at radius 2 is 1.71 bits per heavy atom. The average Bonchev–Trinajstić information content (AvgIpc) is 2.32. The molecule has 2 aromatic carbocycles. The van der Waals surface area contributed by atoms with Crippen LogP contribution < -0.4 is 0 Å². The summed E-state index contributed by atoms with van der Waals surface area (Å²) in [6.45, 7) is 1.89. The summed E-state index contributed by atoms with van der Waals surface area (Å²) in [4.78, 5) is 12.2. The van der Waals surface area contributed by atoms with Gasteiger partial charge in [-0.1, -0.05) is 47.5 Å². The van der Waals surface area contributed by atoms with Gasteiger partial charge in [0.25, 0.3) is 0 Å². The summed E-state index contributed by atoms with van der Waals surface area (Å²) in [7, 11) is 0. The van der Waals surface area contributed by atoms with Crippen molar-refractivity contribution in [3.8, 4) is 0 Å². The first-order chi connectivity index (χ1) is 8.09. The molecule has 0 aromatic heterocycles. The Hall–Kier alpha value is -1.31. The van der Waals surface area contributed by atoms with Crippen LogP contribution in [0.15, 0.2) is 42.5 Å².